The van der Waals surface area contributed by atoms with E-state index in [1.807, 2.05) is 17.7 Å². The molecule has 2 saturated carbocycles. The van der Waals surface area contributed by atoms with Crippen LogP contribution in [0.25, 0.3) is 0 Å². The molecule has 0 saturated heterocycles. The van der Waals surface area contributed by atoms with Crippen LogP contribution in [0.1, 0.15) is 31.5 Å². The van der Waals surface area contributed by atoms with Crippen LogP contribution in [-0.2, 0) is 11.3 Å². The van der Waals surface area contributed by atoms with Crippen molar-refractivity contribution in [3.8, 4) is 0 Å². The number of hydrogen-bond donors (Lipinski definition) is 2. The summed E-state index contributed by atoms with van der Waals surface area (Å²) in [5.74, 6) is 1.10. The van der Waals surface area contributed by atoms with Gasteiger partial charge in [0.2, 0.25) is 5.91 Å². The van der Waals surface area contributed by atoms with Gasteiger partial charge in [0.15, 0.2) is 0 Å². The lowest BCUT2D eigenvalue weighted by Crippen LogP contribution is -2.60. The number of aromatic nitrogens is 2. The lowest BCUT2D eigenvalue weighted by Gasteiger charge is -2.33. The summed E-state index contributed by atoms with van der Waals surface area (Å²) < 4.78 is 2.03. The Morgan fingerprint density at radius 3 is 2.72 bits per heavy atom. The first-order chi connectivity index (χ1) is 8.62. The number of rotatable bonds is 6. The molecule has 5 nitrogen and oxygen atoms in total. The summed E-state index contributed by atoms with van der Waals surface area (Å²) in [6.07, 6.45) is 8.19. The molecule has 3 N–H and O–H groups in total. The number of aryl methyl sites for hydroxylation is 1. The fourth-order valence-corrected chi connectivity index (χ4v) is 2.65. The molecule has 98 valence electrons. The lowest BCUT2D eigenvalue weighted by atomic mass is 9.91. The molecule has 0 aliphatic heterocycles. The SMILES string of the molecule is Cc1nccn1CC(NC1CC1)(C(N)=O)C1CC1. The maximum Gasteiger partial charge on any atom is 0.239 e. The Bertz CT molecular complexity index is 461. The number of carbonyl (C=O) groups excluding carboxylic acids is 1. The van der Waals surface area contributed by atoms with Gasteiger partial charge in [0.1, 0.15) is 11.4 Å². The van der Waals surface area contributed by atoms with Crippen LogP contribution in [0.2, 0.25) is 0 Å². The van der Waals surface area contributed by atoms with Crippen molar-refractivity contribution in [3.05, 3.63) is 18.2 Å². The highest BCUT2D eigenvalue weighted by Gasteiger charge is 2.52. The molecule has 3 rings (SSSR count). The molecule has 2 aliphatic rings. The first-order valence-electron chi connectivity index (χ1n) is 6.67. The van der Waals surface area contributed by atoms with E-state index in [4.69, 9.17) is 5.73 Å². The maximum absolute atomic E-state index is 12.0. The molecule has 1 atom stereocenters. The minimum absolute atomic E-state index is 0.218. The summed E-state index contributed by atoms with van der Waals surface area (Å²) in [6, 6.07) is 0.474. The van der Waals surface area contributed by atoms with Crippen LogP contribution >= 0.6 is 0 Å². The molecule has 18 heavy (non-hydrogen) atoms. The summed E-state index contributed by atoms with van der Waals surface area (Å²) in [7, 11) is 0. The van der Waals surface area contributed by atoms with Gasteiger partial charge in [-0.05, 0) is 38.5 Å². The third kappa shape index (κ3) is 2.03. The van der Waals surface area contributed by atoms with Crippen LogP contribution < -0.4 is 11.1 Å². The highest BCUT2D eigenvalue weighted by atomic mass is 16.1. The van der Waals surface area contributed by atoms with Crippen molar-refractivity contribution < 1.29 is 4.79 Å². The summed E-state index contributed by atoms with van der Waals surface area (Å²) in [6.45, 7) is 2.56. The quantitative estimate of drug-likeness (QED) is 0.773. The third-order valence-corrected chi connectivity index (χ3v) is 4.10. The molecule has 0 spiro atoms. The van der Waals surface area contributed by atoms with Gasteiger partial charge < -0.3 is 10.3 Å². The van der Waals surface area contributed by atoms with Gasteiger partial charge in [-0.25, -0.2) is 4.98 Å². The predicted octanol–water partition coefficient (Wildman–Crippen LogP) is 0.578. The largest absolute Gasteiger partial charge is 0.368 e. The second kappa shape index (κ2) is 4.09. The topological polar surface area (TPSA) is 72.9 Å². The Hall–Kier alpha value is -1.36. The van der Waals surface area contributed by atoms with Crippen molar-refractivity contribution >= 4 is 5.91 Å². The summed E-state index contributed by atoms with van der Waals surface area (Å²) in [5, 5.41) is 3.51. The van der Waals surface area contributed by atoms with E-state index in [1.54, 1.807) is 6.20 Å². The number of carbonyl (C=O) groups is 1. The van der Waals surface area contributed by atoms with Crippen LogP contribution in [0.5, 0.6) is 0 Å². The Balaban J connectivity index is 1.87. The fraction of sp³-hybridized carbons (Fsp3) is 0.692. The number of primary amides is 1. The van der Waals surface area contributed by atoms with Gasteiger partial charge in [-0.1, -0.05) is 0 Å². The monoisotopic (exact) mass is 248 g/mol. The van der Waals surface area contributed by atoms with Crippen LogP contribution in [0.3, 0.4) is 0 Å². The molecule has 1 aromatic heterocycles. The smallest absolute Gasteiger partial charge is 0.239 e. The minimum atomic E-state index is -0.577. The van der Waals surface area contributed by atoms with Gasteiger partial charge >= 0.3 is 0 Å². The van der Waals surface area contributed by atoms with Crippen LogP contribution in [-0.4, -0.2) is 27.0 Å². The molecule has 1 unspecified atom stereocenters. The van der Waals surface area contributed by atoms with Gasteiger partial charge in [0.05, 0.1) is 6.54 Å². The van der Waals surface area contributed by atoms with E-state index in [2.05, 4.69) is 10.3 Å². The highest BCUT2D eigenvalue weighted by molar-refractivity contribution is 5.85. The zero-order chi connectivity index (χ0) is 12.8. The van der Waals surface area contributed by atoms with Gasteiger partial charge in [-0.2, -0.15) is 0 Å². The zero-order valence-electron chi connectivity index (χ0n) is 10.7. The number of nitrogens with two attached hydrogens (primary N) is 1. The van der Waals surface area contributed by atoms with Gasteiger partial charge in [-0.3, -0.25) is 10.1 Å². The van der Waals surface area contributed by atoms with Crippen molar-refractivity contribution in [1.82, 2.24) is 14.9 Å². The van der Waals surface area contributed by atoms with Crippen molar-refractivity contribution in [2.24, 2.45) is 11.7 Å². The number of nitrogens with zero attached hydrogens (tertiary/aromatic N) is 2. The van der Waals surface area contributed by atoms with E-state index < -0.39 is 5.54 Å². The number of amides is 1. The van der Waals surface area contributed by atoms with E-state index in [-0.39, 0.29) is 5.91 Å². The second-order valence-corrected chi connectivity index (χ2v) is 5.63. The Labute approximate surface area is 107 Å². The molecule has 0 bridgehead atoms. The molecular weight excluding hydrogens is 228 g/mol. The average molecular weight is 248 g/mol. The van der Waals surface area contributed by atoms with Crippen LogP contribution in [0, 0.1) is 12.8 Å². The first-order valence-corrected chi connectivity index (χ1v) is 6.67. The molecule has 2 fully saturated rings. The molecule has 2 aliphatic carbocycles. The van der Waals surface area contributed by atoms with Crippen molar-refractivity contribution in [2.45, 2.75) is 50.7 Å². The maximum atomic E-state index is 12.0. The molecule has 1 aromatic rings. The Morgan fingerprint density at radius 2 is 2.28 bits per heavy atom. The van der Waals surface area contributed by atoms with Crippen LogP contribution in [0.15, 0.2) is 12.4 Å². The molecular formula is C13H20N4O. The van der Waals surface area contributed by atoms with E-state index >= 15 is 0 Å². The Kier molecular flexibility index (Phi) is 2.66. The van der Waals surface area contributed by atoms with E-state index in [1.165, 1.54) is 0 Å². The normalized spacial score (nSPS) is 22.7. The minimum Gasteiger partial charge on any atom is -0.368 e. The number of imidazole rings is 1. The standard InChI is InChI=1S/C13H20N4O/c1-9-15-6-7-17(9)8-13(12(14)18,10-2-3-10)16-11-4-5-11/h6-7,10-11,16H,2-5,8H2,1H3,(H2,14,18). The fourth-order valence-electron chi connectivity index (χ4n) is 2.65. The summed E-state index contributed by atoms with van der Waals surface area (Å²) in [4.78, 5) is 16.2. The van der Waals surface area contributed by atoms with E-state index in [9.17, 15) is 4.79 Å². The van der Waals surface area contributed by atoms with Gasteiger partial charge in [0, 0.05) is 18.4 Å². The molecule has 0 aromatic carbocycles. The van der Waals surface area contributed by atoms with Gasteiger partial charge in [0.25, 0.3) is 0 Å². The number of hydrogen-bond acceptors (Lipinski definition) is 3. The van der Waals surface area contributed by atoms with Crippen molar-refractivity contribution in [1.29, 1.82) is 0 Å². The molecule has 5 heteroatoms. The number of nitrogens with one attached hydrogen (secondary N) is 1. The van der Waals surface area contributed by atoms with E-state index in [0.29, 0.717) is 18.5 Å². The highest BCUT2D eigenvalue weighted by Crippen LogP contribution is 2.42. The third-order valence-electron chi connectivity index (χ3n) is 4.10. The zero-order valence-corrected chi connectivity index (χ0v) is 10.7. The van der Waals surface area contributed by atoms with Gasteiger partial charge in [-0.15, -0.1) is 0 Å². The Morgan fingerprint density at radius 1 is 1.56 bits per heavy atom. The lowest BCUT2D eigenvalue weighted by molar-refractivity contribution is -0.126. The predicted molar refractivity (Wildman–Crippen MR) is 67.8 cm³/mol. The second-order valence-electron chi connectivity index (χ2n) is 5.63. The van der Waals surface area contributed by atoms with E-state index in [0.717, 1.165) is 31.5 Å². The summed E-state index contributed by atoms with van der Waals surface area (Å²) >= 11 is 0. The first kappa shape index (κ1) is 11.7. The van der Waals surface area contributed by atoms with Crippen molar-refractivity contribution in [3.63, 3.8) is 0 Å². The summed E-state index contributed by atoms with van der Waals surface area (Å²) in [5.41, 5.74) is 5.14. The molecule has 0 radical (unpaired) electrons. The molecule has 1 heterocycles. The average Bonchev–Trinajstić information content (AvgIpc) is 3.21. The van der Waals surface area contributed by atoms with Crippen molar-refractivity contribution in [2.75, 3.05) is 0 Å². The van der Waals surface area contributed by atoms with Crippen LogP contribution in [0.4, 0.5) is 0 Å². The molecule has 1 amide bonds.